The molecule has 15 heteroatoms. The molecule has 1 aliphatic heterocycles. The maximum atomic E-state index is 13.4. The summed E-state index contributed by atoms with van der Waals surface area (Å²) in [6.45, 7) is 5.86. The summed E-state index contributed by atoms with van der Waals surface area (Å²) >= 11 is 0. The maximum absolute atomic E-state index is 13.4. The highest BCUT2D eigenvalue weighted by molar-refractivity contribution is 7.90. The van der Waals surface area contributed by atoms with Crippen LogP contribution in [-0.4, -0.2) is 111 Å². The van der Waals surface area contributed by atoms with Gasteiger partial charge in [-0.15, -0.1) is 0 Å². The van der Waals surface area contributed by atoms with E-state index in [4.69, 9.17) is 9.47 Å². The first kappa shape index (κ1) is 41.9. The monoisotopic (exact) mass is 800 g/mol. The van der Waals surface area contributed by atoms with Crippen molar-refractivity contribution in [3.63, 3.8) is 0 Å². The van der Waals surface area contributed by atoms with E-state index in [1.54, 1.807) is 6.07 Å². The van der Waals surface area contributed by atoms with Crippen LogP contribution in [0.4, 0.5) is 11.4 Å². The van der Waals surface area contributed by atoms with Crippen LogP contribution in [0, 0.1) is 10.1 Å². The smallest absolute Gasteiger partial charge is 0.273 e. The normalized spacial score (nSPS) is 14.5. The van der Waals surface area contributed by atoms with E-state index >= 15 is 0 Å². The maximum Gasteiger partial charge on any atom is 0.273 e. The van der Waals surface area contributed by atoms with Gasteiger partial charge in [-0.1, -0.05) is 31.3 Å². The number of amides is 1. The Morgan fingerprint density at radius 3 is 2.27 bits per heavy atom. The number of fused-ring (bicyclic) bond motifs is 2. The number of anilines is 1. The number of benzene rings is 3. The lowest BCUT2D eigenvalue weighted by Crippen LogP contribution is -2.50. The number of allylic oxidation sites excluding steroid dienone is 5. The van der Waals surface area contributed by atoms with Crippen LogP contribution in [0.5, 0.6) is 0 Å². The predicted octanol–water partition coefficient (Wildman–Crippen LogP) is 3.30. The van der Waals surface area contributed by atoms with Gasteiger partial charge in [0.15, 0.2) is 15.5 Å². The van der Waals surface area contributed by atoms with Gasteiger partial charge in [-0.25, -0.2) is 13.0 Å². The molecule has 0 saturated carbocycles. The lowest BCUT2D eigenvalue weighted by atomic mass is 9.86. The molecule has 0 unspecified atom stereocenters. The Balaban J connectivity index is 1.23. The zero-order valence-electron chi connectivity index (χ0n) is 32.8. The molecule has 0 radical (unpaired) electrons. The molecule has 0 bridgehead atoms. The number of aromatic carboxylic acids is 1. The van der Waals surface area contributed by atoms with E-state index in [2.05, 4.69) is 52.2 Å². The highest BCUT2D eigenvalue weighted by Crippen LogP contribution is 2.43. The van der Waals surface area contributed by atoms with Gasteiger partial charge in [0.05, 0.1) is 35.6 Å². The lowest BCUT2D eigenvalue weighted by Gasteiger charge is -2.38. The van der Waals surface area contributed by atoms with Crippen LogP contribution in [0.3, 0.4) is 0 Å². The van der Waals surface area contributed by atoms with Crippen LogP contribution in [0.1, 0.15) is 43.8 Å². The predicted molar refractivity (Wildman–Crippen MR) is 218 cm³/mol. The second-order valence-corrected chi connectivity index (χ2v) is 21.0. The van der Waals surface area contributed by atoms with Crippen LogP contribution in [-0.2, 0) is 25.7 Å². The first-order chi connectivity index (χ1) is 26.4. The molecule has 296 valence electrons. The van der Waals surface area contributed by atoms with Gasteiger partial charge in [-0.3, -0.25) is 14.9 Å². The van der Waals surface area contributed by atoms with E-state index in [1.807, 2.05) is 40.3 Å². The van der Waals surface area contributed by atoms with Crippen molar-refractivity contribution < 1.29 is 42.1 Å². The van der Waals surface area contributed by atoms with Crippen LogP contribution in [0.25, 0.3) is 5.57 Å². The number of rotatable bonds is 16. The van der Waals surface area contributed by atoms with Gasteiger partial charge in [0.25, 0.3) is 11.6 Å². The van der Waals surface area contributed by atoms with Crippen molar-refractivity contribution in [2.75, 3.05) is 72.3 Å². The van der Waals surface area contributed by atoms with E-state index in [9.17, 15) is 33.2 Å². The van der Waals surface area contributed by atoms with E-state index in [0.29, 0.717) is 36.1 Å². The number of nitrogens with zero attached hydrogens (tertiary/aromatic N) is 3. The Morgan fingerprint density at radius 1 is 0.911 bits per heavy atom. The summed E-state index contributed by atoms with van der Waals surface area (Å²) in [6, 6.07) is 14.7. The standard InChI is InChI=1S/C41H48N4O9SSi/c1-43(2)29-12-16-33-37(24-29)56(6,7)38-25-30(44(3)4)13-17-34(38)39(33)35-23-28(11-15-32(35)41(47)48)40(46)42-18-20-54-22-21-53-19-8-9-27-10-14-31(55(5,51)52)26-36(27)45(49)50/h10-17,23-26H,8-9,18-22H2,1-7H3,(H-,42,46,47,48). The average Bonchev–Trinajstić information content (AvgIpc) is 3.14. The number of hydrogen-bond acceptors (Lipinski definition) is 10. The quantitative estimate of drug-likeness (QED) is 0.0746. The number of nitrogens with one attached hydrogen (secondary N) is 1. The van der Waals surface area contributed by atoms with Crippen LogP contribution in [0.15, 0.2) is 88.5 Å². The fourth-order valence-corrected chi connectivity index (χ4v) is 10.6. The molecule has 1 aliphatic carbocycles. The zero-order chi connectivity index (χ0) is 40.9. The second-order valence-electron chi connectivity index (χ2n) is 14.7. The van der Waals surface area contributed by atoms with E-state index in [0.717, 1.165) is 40.4 Å². The molecule has 3 aromatic rings. The van der Waals surface area contributed by atoms with Crippen molar-refractivity contribution in [2.24, 2.45) is 0 Å². The molecule has 0 spiro atoms. The summed E-state index contributed by atoms with van der Waals surface area (Å²) in [6.07, 6.45) is 8.11. The van der Waals surface area contributed by atoms with Crippen molar-refractivity contribution in [3.8, 4) is 0 Å². The molecular formula is C41H48N4O9SSi. The second kappa shape index (κ2) is 17.3. The molecular weight excluding hydrogens is 753 g/mol. The van der Waals surface area contributed by atoms with Crippen molar-refractivity contribution in [1.82, 2.24) is 5.32 Å². The van der Waals surface area contributed by atoms with E-state index < -0.39 is 28.8 Å². The minimum absolute atomic E-state index is 0.00500. The molecule has 56 heavy (non-hydrogen) atoms. The van der Waals surface area contributed by atoms with Gasteiger partial charge >= 0.3 is 0 Å². The minimum atomic E-state index is -3.57. The van der Waals surface area contributed by atoms with Crippen molar-refractivity contribution in [1.29, 1.82) is 0 Å². The Hall–Kier alpha value is -5.22. The summed E-state index contributed by atoms with van der Waals surface area (Å²) in [7, 11) is 2.12. The molecule has 0 aromatic heterocycles. The van der Waals surface area contributed by atoms with Gasteiger partial charge in [0.1, 0.15) is 22.2 Å². The summed E-state index contributed by atoms with van der Waals surface area (Å²) in [5.74, 6) is -1.72. The Labute approximate surface area is 328 Å². The largest absolute Gasteiger partial charge is 0.545 e. The lowest BCUT2D eigenvalue weighted by molar-refractivity contribution is -0.462. The summed E-state index contributed by atoms with van der Waals surface area (Å²) < 4.78 is 36.8. The number of nitro benzene ring substituents is 1. The molecule has 0 atom stereocenters. The first-order valence-corrected chi connectivity index (χ1v) is 23.1. The van der Waals surface area contributed by atoms with Crippen molar-refractivity contribution in [3.05, 3.63) is 122 Å². The molecule has 2 aliphatic rings. The summed E-state index contributed by atoms with van der Waals surface area (Å²) in [5, 5.41) is 29.3. The highest BCUT2D eigenvalue weighted by Gasteiger charge is 2.41. The number of nitro groups is 1. The third kappa shape index (κ3) is 9.24. The van der Waals surface area contributed by atoms with Crippen molar-refractivity contribution >= 4 is 57.6 Å². The van der Waals surface area contributed by atoms with Crippen LogP contribution < -0.4 is 20.5 Å². The molecule has 1 amide bonds. The summed E-state index contributed by atoms with van der Waals surface area (Å²) in [5.41, 5.74) is 5.61. The molecule has 0 fully saturated rings. The molecule has 0 saturated heterocycles. The Kier molecular flexibility index (Phi) is 12.9. The first-order valence-electron chi connectivity index (χ1n) is 18.2. The molecule has 1 heterocycles. The third-order valence-corrected chi connectivity index (χ3v) is 14.6. The van der Waals surface area contributed by atoms with Gasteiger partial charge < -0.3 is 29.6 Å². The topological polar surface area (TPSA) is 171 Å². The van der Waals surface area contributed by atoms with E-state index in [1.165, 1.54) is 34.6 Å². The SMILES string of the molecule is CN(C)c1ccc2c(c1)[Si](C)(C)C1=CC(=[N+](C)C)C=CC1=C2c1cc(C(=O)NCCOCCOCCCc2ccc(S(C)(=O)=O)cc2[N+](=O)[O-])ccc1C(=O)[O-]. The van der Waals surface area contributed by atoms with Gasteiger partial charge in [-0.2, -0.15) is 0 Å². The number of hydrogen-bond donors (Lipinski definition) is 1. The van der Waals surface area contributed by atoms with Crippen molar-refractivity contribution in [2.45, 2.75) is 30.8 Å². The average molecular weight is 801 g/mol. The molecule has 13 nitrogen and oxygen atoms in total. The number of aryl methyl sites for hydroxylation is 1. The number of ether oxygens (including phenoxy) is 2. The summed E-state index contributed by atoms with van der Waals surface area (Å²) in [4.78, 5) is 38.8. The van der Waals surface area contributed by atoms with Gasteiger partial charge in [-0.05, 0) is 81.9 Å². The minimum Gasteiger partial charge on any atom is -0.545 e. The van der Waals surface area contributed by atoms with Crippen LogP contribution >= 0.6 is 0 Å². The fraction of sp³-hybridized carbons (Fsp3) is 0.341. The number of carbonyl (C=O) groups excluding carboxylic acids is 2. The van der Waals surface area contributed by atoms with Gasteiger partial charge in [0.2, 0.25) is 0 Å². The zero-order valence-corrected chi connectivity index (χ0v) is 34.6. The van der Waals surface area contributed by atoms with Gasteiger partial charge in [0, 0.05) is 74.1 Å². The Morgan fingerprint density at radius 2 is 1.62 bits per heavy atom. The third-order valence-electron chi connectivity index (χ3n) is 10.0. The highest BCUT2D eigenvalue weighted by atomic mass is 32.2. The molecule has 3 aromatic carbocycles. The molecule has 1 N–H and O–H groups in total. The van der Waals surface area contributed by atoms with Crippen LogP contribution in [0.2, 0.25) is 13.1 Å². The van der Waals surface area contributed by atoms with E-state index in [-0.39, 0.29) is 48.4 Å². The number of carbonyl (C=O) groups is 2. The Bertz CT molecular complexity index is 2310. The molecule has 5 rings (SSSR count). The number of carboxylic acid groups (broad SMARTS) is 1. The number of carboxylic acids is 1. The fourth-order valence-electron chi connectivity index (χ4n) is 6.92. The number of sulfone groups is 1.